The Morgan fingerprint density at radius 3 is 2.39 bits per heavy atom. The van der Waals surface area contributed by atoms with Gasteiger partial charge in [-0.05, 0) is 48.2 Å². The van der Waals surface area contributed by atoms with E-state index in [0.717, 1.165) is 17.5 Å². The second-order valence-corrected chi connectivity index (χ2v) is 6.88. The van der Waals surface area contributed by atoms with Crippen LogP contribution in [0.15, 0.2) is 53.4 Å². The number of hydrogen-bond acceptors (Lipinski definition) is 3. The van der Waals surface area contributed by atoms with Gasteiger partial charge in [0.2, 0.25) is 0 Å². The number of anilines is 1. The van der Waals surface area contributed by atoms with Gasteiger partial charge in [-0.3, -0.25) is 9.52 Å². The topological polar surface area (TPSA) is 83.5 Å². The van der Waals surface area contributed by atoms with Crippen molar-refractivity contribution in [3.05, 3.63) is 59.7 Å². The quantitative estimate of drug-likeness (QED) is 0.815. The average molecular weight is 333 g/mol. The summed E-state index contributed by atoms with van der Waals surface area (Å²) >= 11 is 0. The SMILES string of the molecule is CCc1cccc(NS(=O)(=O)c2ccc(CCC(=O)O)cc2)c1. The van der Waals surface area contributed by atoms with Gasteiger partial charge in [0, 0.05) is 12.1 Å². The van der Waals surface area contributed by atoms with Crippen LogP contribution in [0.1, 0.15) is 24.5 Å². The highest BCUT2D eigenvalue weighted by Gasteiger charge is 2.14. The van der Waals surface area contributed by atoms with Crippen molar-refractivity contribution >= 4 is 21.7 Å². The third kappa shape index (κ3) is 4.82. The Hall–Kier alpha value is -2.34. The molecule has 0 bridgehead atoms. The van der Waals surface area contributed by atoms with Gasteiger partial charge in [0.05, 0.1) is 4.90 Å². The van der Waals surface area contributed by atoms with Crippen molar-refractivity contribution in [1.29, 1.82) is 0 Å². The number of nitrogens with one attached hydrogen (secondary N) is 1. The fourth-order valence-electron chi connectivity index (χ4n) is 2.16. The van der Waals surface area contributed by atoms with Gasteiger partial charge >= 0.3 is 5.97 Å². The van der Waals surface area contributed by atoms with Crippen LogP contribution >= 0.6 is 0 Å². The van der Waals surface area contributed by atoms with Crippen molar-refractivity contribution in [2.45, 2.75) is 31.1 Å². The smallest absolute Gasteiger partial charge is 0.303 e. The summed E-state index contributed by atoms with van der Waals surface area (Å²) in [6.07, 6.45) is 1.23. The summed E-state index contributed by atoms with van der Waals surface area (Å²) in [6.45, 7) is 2.00. The molecule has 0 radical (unpaired) electrons. The summed E-state index contributed by atoms with van der Waals surface area (Å²) in [5, 5.41) is 8.66. The maximum absolute atomic E-state index is 12.4. The third-order valence-electron chi connectivity index (χ3n) is 3.45. The molecule has 0 atom stereocenters. The molecule has 2 N–H and O–H groups in total. The van der Waals surface area contributed by atoms with E-state index in [0.29, 0.717) is 12.1 Å². The lowest BCUT2D eigenvalue weighted by molar-refractivity contribution is -0.136. The lowest BCUT2D eigenvalue weighted by Crippen LogP contribution is -2.13. The molecule has 0 unspecified atom stereocenters. The Morgan fingerprint density at radius 2 is 1.78 bits per heavy atom. The minimum atomic E-state index is -3.65. The normalized spacial score (nSPS) is 11.2. The van der Waals surface area contributed by atoms with Crippen molar-refractivity contribution in [1.82, 2.24) is 0 Å². The van der Waals surface area contributed by atoms with Crippen molar-refractivity contribution in [3.63, 3.8) is 0 Å². The Balaban J connectivity index is 2.14. The van der Waals surface area contributed by atoms with E-state index < -0.39 is 16.0 Å². The first-order chi connectivity index (χ1) is 10.9. The first kappa shape index (κ1) is 17.0. The zero-order chi connectivity index (χ0) is 16.9. The first-order valence-electron chi connectivity index (χ1n) is 7.33. The van der Waals surface area contributed by atoms with Crippen LogP contribution in [-0.4, -0.2) is 19.5 Å². The number of carboxylic acid groups (broad SMARTS) is 1. The van der Waals surface area contributed by atoms with Gasteiger partial charge in [-0.2, -0.15) is 0 Å². The van der Waals surface area contributed by atoms with Crippen molar-refractivity contribution in [2.24, 2.45) is 0 Å². The third-order valence-corrected chi connectivity index (χ3v) is 4.85. The molecule has 0 fully saturated rings. The molecular formula is C17H19NO4S. The fourth-order valence-corrected chi connectivity index (χ4v) is 3.20. The van der Waals surface area contributed by atoms with Gasteiger partial charge in [0.1, 0.15) is 0 Å². The highest BCUT2D eigenvalue weighted by molar-refractivity contribution is 7.92. The minimum absolute atomic E-state index is 0.0220. The standard InChI is InChI=1S/C17H19NO4S/c1-2-13-4-3-5-15(12-13)18-23(21,22)16-9-6-14(7-10-16)8-11-17(19)20/h3-7,9-10,12,18H,2,8,11H2,1H3,(H,19,20). The number of benzene rings is 2. The lowest BCUT2D eigenvalue weighted by atomic mass is 10.1. The van der Waals surface area contributed by atoms with Gasteiger partial charge in [-0.25, -0.2) is 8.42 Å². The summed E-state index contributed by atoms with van der Waals surface area (Å²) in [7, 11) is -3.65. The van der Waals surface area contributed by atoms with Crippen molar-refractivity contribution in [2.75, 3.05) is 4.72 Å². The number of aliphatic carboxylic acids is 1. The monoisotopic (exact) mass is 333 g/mol. The molecule has 0 spiro atoms. The van der Waals surface area contributed by atoms with Crippen LogP contribution in [0.25, 0.3) is 0 Å². The van der Waals surface area contributed by atoms with Crippen molar-refractivity contribution < 1.29 is 18.3 Å². The zero-order valence-electron chi connectivity index (χ0n) is 12.8. The van der Waals surface area contributed by atoms with Gasteiger partial charge in [-0.1, -0.05) is 31.2 Å². The first-order valence-corrected chi connectivity index (χ1v) is 8.81. The van der Waals surface area contributed by atoms with Crippen LogP contribution in [0.4, 0.5) is 5.69 Å². The van der Waals surface area contributed by atoms with E-state index in [9.17, 15) is 13.2 Å². The van der Waals surface area contributed by atoms with Crippen LogP contribution in [0.5, 0.6) is 0 Å². The lowest BCUT2D eigenvalue weighted by Gasteiger charge is -2.09. The molecule has 0 aliphatic rings. The zero-order valence-corrected chi connectivity index (χ0v) is 13.6. The summed E-state index contributed by atoms with van der Waals surface area (Å²) in [6, 6.07) is 13.5. The van der Waals surface area contributed by atoms with Crippen LogP contribution < -0.4 is 4.72 Å². The molecule has 0 aromatic heterocycles. The number of sulfonamides is 1. The molecule has 122 valence electrons. The molecule has 2 rings (SSSR count). The molecule has 23 heavy (non-hydrogen) atoms. The Labute approximate surface area is 136 Å². The van der Waals surface area contributed by atoms with E-state index in [1.807, 2.05) is 19.1 Å². The molecule has 0 heterocycles. The predicted molar refractivity (Wildman–Crippen MR) is 89.0 cm³/mol. The Kier molecular flexibility index (Phi) is 5.39. The molecule has 6 heteroatoms. The fraction of sp³-hybridized carbons (Fsp3) is 0.235. The molecule has 5 nitrogen and oxygen atoms in total. The van der Waals surface area contributed by atoms with Gasteiger partial charge < -0.3 is 5.11 Å². The summed E-state index contributed by atoms with van der Waals surface area (Å²) in [5.74, 6) is -0.876. The predicted octanol–water partition coefficient (Wildman–Crippen LogP) is 3.07. The van der Waals surface area contributed by atoms with E-state index >= 15 is 0 Å². The van der Waals surface area contributed by atoms with Crippen LogP contribution in [0.3, 0.4) is 0 Å². The summed E-state index contributed by atoms with van der Waals surface area (Å²) < 4.78 is 27.3. The van der Waals surface area contributed by atoms with Crippen LogP contribution in [0.2, 0.25) is 0 Å². The molecule has 2 aromatic carbocycles. The molecule has 2 aromatic rings. The highest BCUT2D eigenvalue weighted by Crippen LogP contribution is 2.18. The molecular weight excluding hydrogens is 314 g/mol. The van der Waals surface area contributed by atoms with E-state index in [-0.39, 0.29) is 11.3 Å². The molecule has 0 saturated heterocycles. The van der Waals surface area contributed by atoms with Crippen molar-refractivity contribution in [3.8, 4) is 0 Å². The minimum Gasteiger partial charge on any atom is -0.481 e. The Bertz CT molecular complexity index is 782. The van der Waals surface area contributed by atoms with E-state index in [1.165, 1.54) is 12.1 Å². The number of aryl methyl sites for hydroxylation is 2. The van der Waals surface area contributed by atoms with Crippen LogP contribution in [-0.2, 0) is 27.7 Å². The summed E-state index contributed by atoms with van der Waals surface area (Å²) in [4.78, 5) is 10.7. The van der Waals surface area contributed by atoms with Gasteiger partial charge in [0.15, 0.2) is 0 Å². The number of carboxylic acids is 1. The van der Waals surface area contributed by atoms with Gasteiger partial charge in [0.25, 0.3) is 10.0 Å². The largest absolute Gasteiger partial charge is 0.481 e. The maximum atomic E-state index is 12.4. The van der Waals surface area contributed by atoms with Crippen LogP contribution in [0, 0.1) is 0 Å². The number of rotatable bonds is 7. The molecule has 0 aliphatic carbocycles. The molecule has 0 amide bonds. The second kappa shape index (κ2) is 7.28. The van der Waals surface area contributed by atoms with Gasteiger partial charge in [-0.15, -0.1) is 0 Å². The van der Waals surface area contributed by atoms with E-state index in [4.69, 9.17) is 5.11 Å². The number of hydrogen-bond donors (Lipinski definition) is 2. The average Bonchev–Trinajstić information content (AvgIpc) is 2.53. The van der Waals surface area contributed by atoms with E-state index in [1.54, 1.807) is 24.3 Å². The summed E-state index contributed by atoms with van der Waals surface area (Å²) in [5.41, 5.74) is 2.37. The van der Waals surface area contributed by atoms with E-state index in [2.05, 4.69) is 4.72 Å². The molecule has 0 saturated carbocycles. The highest BCUT2D eigenvalue weighted by atomic mass is 32.2. The Morgan fingerprint density at radius 1 is 1.09 bits per heavy atom. The second-order valence-electron chi connectivity index (χ2n) is 5.20. The molecule has 0 aliphatic heterocycles. The maximum Gasteiger partial charge on any atom is 0.303 e. The number of carbonyl (C=O) groups is 1.